The highest BCUT2D eigenvalue weighted by Gasteiger charge is 2.59. The number of carbonyl (C=O) groups excluding carboxylic acids is 1. The third kappa shape index (κ3) is 4.38. The monoisotopic (exact) mass is 410 g/mol. The molecule has 1 aliphatic heterocycles. The summed E-state index contributed by atoms with van der Waals surface area (Å²) in [6, 6.07) is 0. The first-order chi connectivity index (χ1) is 13.5. The van der Waals surface area contributed by atoms with Crippen molar-refractivity contribution in [1.29, 1.82) is 0 Å². The third-order valence-electron chi connectivity index (χ3n) is 8.68. The number of esters is 1. The molecule has 3 aliphatic rings. The zero-order chi connectivity index (χ0) is 21.4. The first kappa shape index (κ1) is 23.0. The fraction of sp³-hybridized carbons (Fsp3) is 0.958. The summed E-state index contributed by atoms with van der Waals surface area (Å²) in [5.41, 5.74) is 0.346. The van der Waals surface area contributed by atoms with Crippen LogP contribution in [0.1, 0.15) is 80.1 Å². The van der Waals surface area contributed by atoms with Crippen molar-refractivity contribution >= 4 is 5.97 Å². The number of hydrogen-bond donors (Lipinski definition) is 0. The second kappa shape index (κ2) is 8.47. The zero-order valence-electron chi connectivity index (χ0n) is 19.6. The number of rotatable bonds is 6. The van der Waals surface area contributed by atoms with Crippen LogP contribution in [0.4, 0.5) is 0 Å². The third-order valence-corrected chi connectivity index (χ3v) is 8.68. The smallest absolute Gasteiger partial charge is 0.302 e. The molecule has 1 saturated heterocycles. The van der Waals surface area contributed by atoms with E-state index in [4.69, 9.17) is 18.9 Å². The van der Waals surface area contributed by atoms with Gasteiger partial charge >= 0.3 is 5.97 Å². The maximum absolute atomic E-state index is 11.5. The van der Waals surface area contributed by atoms with E-state index in [-0.39, 0.29) is 35.1 Å². The van der Waals surface area contributed by atoms with Crippen LogP contribution in [0.15, 0.2) is 0 Å². The van der Waals surface area contributed by atoms with Gasteiger partial charge in [0, 0.05) is 20.0 Å². The average molecular weight is 411 g/mol. The van der Waals surface area contributed by atoms with Gasteiger partial charge in [0.25, 0.3) is 0 Å². The summed E-state index contributed by atoms with van der Waals surface area (Å²) < 4.78 is 23.4. The summed E-state index contributed by atoms with van der Waals surface area (Å²) in [6.45, 7) is 14.2. The Bertz CT molecular complexity index is 590. The van der Waals surface area contributed by atoms with Gasteiger partial charge in [0.15, 0.2) is 0 Å². The van der Waals surface area contributed by atoms with Gasteiger partial charge in [0.1, 0.15) is 12.9 Å². The normalized spacial score (nSPS) is 44.3. The number of methoxy groups -OCH3 is 1. The van der Waals surface area contributed by atoms with Crippen molar-refractivity contribution in [1.82, 2.24) is 0 Å². The van der Waals surface area contributed by atoms with Crippen molar-refractivity contribution in [3.8, 4) is 0 Å². The molecular weight excluding hydrogens is 368 g/mol. The van der Waals surface area contributed by atoms with Gasteiger partial charge in [0.05, 0.1) is 18.3 Å². The van der Waals surface area contributed by atoms with Crippen LogP contribution in [0.25, 0.3) is 0 Å². The molecule has 0 spiro atoms. The summed E-state index contributed by atoms with van der Waals surface area (Å²) in [5, 5.41) is 0. The minimum absolute atomic E-state index is 0.0930. The van der Waals surface area contributed by atoms with Crippen LogP contribution in [-0.2, 0) is 23.7 Å². The Balaban J connectivity index is 1.86. The minimum Gasteiger partial charge on any atom is -0.460 e. The largest absolute Gasteiger partial charge is 0.460 e. The van der Waals surface area contributed by atoms with Crippen LogP contribution in [0, 0.1) is 28.6 Å². The number of fused-ring (bicyclic) bond motifs is 1. The highest BCUT2D eigenvalue weighted by atomic mass is 16.7. The summed E-state index contributed by atoms with van der Waals surface area (Å²) in [4.78, 5) is 11.5. The molecule has 168 valence electrons. The topological polar surface area (TPSA) is 54.0 Å². The van der Waals surface area contributed by atoms with E-state index in [1.54, 1.807) is 7.11 Å². The molecule has 7 atom stereocenters. The quantitative estimate of drug-likeness (QED) is 0.457. The lowest BCUT2D eigenvalue weighted by atomic mass is 9.45. The van der Waals surface area contributed by atoms with Crippen LogP contribution in [-0.4, -0.2) is 44.3 Å². The Hall–Kier alpha value is -0.650. The summed E-state index contributed by atoms with van der Waals surface area (Å²) in [7, 11) is 1.70. The van der Waals surface area contributed by atoms with E-state index >= 15 is 0 Å². The van der Waals surface area contributed by atoms with Gasteiger partial charge in [-0.15, -0.1) is 0 Å². The van der Waals surface area contributed by atoms with Crippen molar-refractivity contribution in [3.05, 3.63) is 0 Å². The Morgan fingerprint density at radius 1 is 1.14 bits per heavy atom. The SMILES string of the molecule is COCO[C@]1(C)CC[C@H]2C(C)(C)CCC[C@]2(C)[C@H]1C[C@H]1OC[C@@H](OC(C)=O)[C@H]1C. The maximum atomic E-state index is 11.5. The van der Waals surface area contributed by atoms with E-state index in [2.05, 4.69) is 34.6 Å². The van der Waals surface area contributed by atoms with Crippen LogP contribution in [0.5, 0.6) is 0 Å². The fourth-order valence-electron chi connectivity index (χ4n) is 7.12. The van der Waals surface area contributed by atoms with Crippen molar-refractivity contribution in [2.45, 2.75) is 97.9 Å². The van der Waals surface area contributed by atoms with Gasteiger partial charge in [-0.2, -0.15) is 0 Å². The lowest BCUT2D eigenvalue weighted by molar-refractivity contribution is -0.227. The minimum atomic E-state index is -0.225. The second-order valence-electron chi connectivity index (χ2n) is 11.0. The standard InChI is InChI=1S/C24H42O5/c1-16-18(27-14-19(16)29-17(2)25)13-21-23(5)11-8-10-22(3,4)20(23)9-12-24(21,6)28-15-26-7/h16,18-21H,8-15H2,1-7H3/t16-,18+,19+,20-,21+,23-,24+/m0/s1. The van der Waals surface area contributed by atoms with Gasteiger partial charge in [-0.3, -0.25) is 4.79 Å². The molecule has 0 aromatic heterocycles. The lowest BCUT2D eigenvalue weighted by Gasteiger charge is -2.62. The predicted octanol–water partition coefficient (Wildman–Crippen LogP) is 4.96. The molecule has 0 unspecified atom stereocenters. The molecule has 5 heteroatoms. The average Bonchev–Trinajstić information content (AvgIpc) is 2.95. The molecule has 0 amide bonds. The number of carbonyl (C=O) groups is 1. The molecule has 3 fully saturated rings. The van der Waals surface area contributed by atoms with E-state index in [1.807, 2.05) is 0 Å². The van der Waals surface area contributed by atoms with E-state index in [1.165, 1.54) is 32.6 Å². The molecule has 29 heavy (non-hydrogen) atoms. The fourth-order valence-corrected chi connectivity index (χ4v) is 7.12. The Kier molecular flexibility index (Phi) is 6.72. The Labute approximate surface area is 177 Å². The first-order valence-corrected chi connectivity index (χ1v) is 11.5. The molecular formula is C24H42O5. The summed E-state index contributed by atoms with van der Waals surface area (Å²) in [5.74, 6) is 1.05. The molecule has 5 nitrogen and oxygen atoms in total. The van der Waals surface area contributed by atoms with Crippen molar-refractivity contribution in [2.75, 3.05) is 20.5 Å². The van der Waals surface area contributed by atoms with Gasteiger partial charge in [0.2, 0.25) is 0 Å². The molecule has 1 heterocycles. The molecule has 0 aromatic carbocycles. The zero-order valence-corrected chi connectivity index (χ0v) is 19.6. The molecule has 0 radical (unpaired) electrons. The molecule has 2 aliphatic carbocycles. The van der Waals surface area contributed by atoms with Crippen molar-refractivity contribution in [2.24, 2.45) is 28.6 Å². The highest BCUT2D eigenvalue weighted by molar-refractivity contribution is 5.66. The van der Waals surface area contributed by atoms with Gasteiger partial charge < -0.3 is 18.9 Å². The molecule has 0 bridgehead atoms. The van der Waals surface area contributed by atoms with E-state index in [0.29, 0.717) is 30.7 Å². The second-order valence-corrected chi connectivity index (χ2v) is 11.0. The van der Waals surface area contributed by atoms with Crippen LogP contribution < -0.4 is 0 Å². The van der Waals surface area contributed by atoms with Crippen molar-refractivity contribution in [3.63, 3.8) is 0 Å². The highest BCUT2D eigenvalue weighted by Crippen LogP contribution is 2.64. The first-order valence-electron chi connectivity index (χ1n) is 11.5. The Morgan fingerprint density at radius 2 is 1.86 bits per heavy atom. The molecule has 3 rings (SSSR count). The Morgan fingerprint density at radius 3 is 2.52 bits per heavy atom. The van der Waals surface area contributed by atoms with E-state index in [0.717, 1.165) is 12.8 Å². The summed E-state index contributed by atoms with van der Waals surface area (Å²) >= 11 is 0. The van der Waals surface area contributed by atoms with Gasteiger partial charge in [-0.25, -0.2) is 0 Å². The number of ether oxygens (including phenoxy) is 4. The van der Waals surface area contributed by atoms with Crippen LogP contribution in [0.2, 0.25) is 0 Å². The molecule has 2 saturated carbocycles. The van der Waals surface area contributed by atoms with Gasteiger partial charge in [-0.1, -0.05) is 34.1 Å². The molecule has 0 N–H and O–H groups in total. The van der Waals surface area contributed by atoms with Crippen LogP contribution >= 0.6 is 0 Å². The van der Waals surface area contributed by atoms with Gasteiger partial charge in [-0.05, 0) is 61.7 Å². The van der Waals surface area contributed by atoms with E-state index < -0.39 is 0 Å². The lowest BCUT2D eigenvalue weighted by Crippen LogP contribution is -2.59. The van der Waals surface area contributed by atoms with Crippen molar-refractivity contribution < 1.29 is 23.7 Å². The number of hydrogen-bond acceptors (Lipinski definition) is 5. The predicted molar refractivity (Wildman–Crippen MR) is 112 cm³/mol. The van der Waals surface area contributed by atoms with E-state index in [9.17, 15) is 4.79 Å². The summed E-state index contributed by atoms with van der Waals surface area (Å²) in [6.07, 6.45) is 6.98. The maximum Gasteiger partial charge on any atom is 0.302 e. The molecule has 0 aromatic rings. The van der Waals surface area contributed by atoms with Crippen LogP contribution in [0.3, 0.4) is 0 Å².